The third kappa shape index (κ3) is 3.31. The van der Waals surface area contributed by atoms with Gasteiger partial charge in [0.2, 0.25) is 0 Å². The summed E-state index contributed by atoms with van der Waals surface area (Å²) >= 11 is 0. The molecule has 4 N–H and O–H groups in total. The Bertz CT molecular complexity index is 216. The van der Waals surface area contributed by atoms with Crippen LogP contribution in [-0.2, 0) is 14.3 Å². The fourth-order valence-corrected chi connectivity index (χ4v) is 1.04. The fraction of sp³-hybridized carbons (Fsp3) is 0.750. The van der Waals surface area contributed by atoms with Gasteiger partial charge in [-0.1, -0.05) is 0 Å². The van der Waals surface area contributed by atoms with Crippen molar-refractivity contribution in [3.63, 3.8) is 0 Å². The lowest BCUT2D eigenvalue weighted by molar-refractivity contribution is -0.158. The van der Waals surface area contributed by atoms with E-state index in [0.717, 1.165) is 0 Å². The first kappa shape index (κ1) is 12.9. The molecule has 14 heavy (non-hydrogen) atoms. The first-order chi connectivity index (χ1) is 6.41. The van der Waals surface area contributed by atoms with E-state index in [-0.39, 0.29) is 6.61 Å². The Balaban J connectivity index is 4.59. The summed E-state index contributed by atoms with van der Waals surface area (Å²) in [4.78, 5) is 21.7. The molecule has 0 aliphatic rings. The van der Waals surface area contributed by atoms with Crippen molar-refractivity contribution in [2.75, 3.05) is 6.61 Å². The highest BCUT2D eigenvalue weighted by Gasteiger charge is 2.35. The standard InChI is InChI=1S/C8H15NO5/c1-3-14-8(13)5(4(2)10)6(9)7(11)12/h4-6,10H,3,9H2,1-2H3,(H,11,12)/t4-,5-,6+/m1/s1. The number of ether oxygens (including phenoxy) is 1. The van der Waals surface area contributed by atoms with E-state index >= 15 is 0 Å². The second-order valence-electron chi connectivity index (χ2n) is 2.88. The van der Waals surface area contributed by atoms with Gasteiger partial charge in [-0.2, -0.15) is 0 Å². The van der Waals surface area contributed by atoms with E-state index in [1.165, 1.54) is 6.92 Å². The summed E-state index contributed by atoms with van der Waals surface area (Å²) in [6.45, 7) is 3.00. The third-order valence-corrected chi connectivity index (χ3v) is 1.75. The van der Waals surface area contributed by atoms with Crippen molar-refractivity contribution in [1.29, 1.82) is 0 Å². The van der Waals surface area contributed by atoms with Crippen molar-refractivity contribution in [2.24, 2.45) is 11.7 Å². The van der Waals surface area contributed by atoms with E-state index in [1.807, 2.05) is 0 Å². The van der Waals surface area contributed by atoms with E-state index in [0.29, 0.717) is 0 Å². The van der Waals surface area contributed by atoms with Crippen LogP contribution < -0.4 is 5.73 Å². The Kier molecular flexibility index (Phi) is 5.11. The van der Waals surface area contributed by atoms with Gasteiger partial charge in [0.1, 0.15) is 12.0 Å². The van der Waals surface area contributed by atoms with Crippen LogP contribution in [0.15, 0.2) is 0 Å². The Hall–Kier alpha value is -1.14. The zero-order valence-electron chi connectivity index (χ0n) is 8.14. The van der Waals surface area contributed by atoms with Crippen LogP contribution in [0.1, 0.15) is 13.8 Å². The van der Waals surface area contributed by atoms with Crippen LogP contribution in [-0.4, -0.2) is 40.9 Å². The van der Waals surface area contributed by atoms with Gasteiger partial charge in [-0.05, 0) is 13.8 Å². The van der Waals surface area contributed by atoms with Crippen molar-refractivity contribution in [1.82, 2.24) is 0 Å². The molecule has 0 rings (SSSR count). The van der Waals surface area contributed by atoms with Crippen molar-refractivity contribution in [3.8, 4) is 0 Å². The predicted octanol–water partition coefficient (Wildman–Crippen LogP) is -1.04. The molecule has 0 bridgehead atoms. The second-order valence-corrected chi connectivity index (χ2v) is 2.88. The van der Waals surface area contributed by atoms with Crippen LogP contribution in [0.3, 0.4) is 0 Å². The Morgan fingerprint density at radius 2 is 2.00 bits per heavy atom. The minimum absolute atomic E-state index is 0.119. The summed E-state index contributed by atoms with van der Waals surface area (Å²) in [5, 5.41) is 17.8. The molecule has 0 aliphatic heterocycles. The molecule has 0 aromatic carbocycles. The number of rotatable bonds is 5. The van der Waals surface area contributed by atoms with Gasteiger partial charge in [0.15, 0.2) is 0 Å². The molecule has 0 spiro atoms. The molecule has 6 nitrogen and oxygen atoms in total. The normalized spacial score (nSPS) is 16.9. The van der Waals surface area contributed by atoms with Crippen LogP contribution in [0.4, 0.5) is 0 Å². The molecule has 3 atom stereocenters. The van der Waals surface area contributed by atoms with Crippen molar-refractivity contribution >= 4 is 11.9 Å². The maximum Gasteiger partial charge on any atom is 0.321 e. The lowest BCUT2D eigenvalue weighted by atomic mass is 9.95. The molecule has 0 aromatic rings. The molecule has 0 saturated carbocycles. The summed E-state index contributed by atoms with van der Waals surface area (Å²) < 4.78 is 4.59. The summed E-state index contributed by atoms with van der Waals surface area (Å²) in [5.41, 5.74) is 5.23. The monoisotopic (exact) mass is 205 g/mol. The largest absolute Gasteiger partial charge is 0.480 e. The fourth-order valence-electron chi connectivity index (χ4n) is 1.04. The second kappa shape index (κ2) is 5.56. The minimum atomic E-state index is -1.45. The number of aliphatic hydroxyl groups excluding tert-OH is 1. The highest BCUT2D eigenvalue weighted by Crippen LogP contribution is 2.10. The number of aliphatic hydroxyl groups is 1. The number of hydrogen-bond acceptors (Lipinski definition) is 5. The molecule has 0 aliphatic carbocycles. The van der Waals surface area contributed by atoms with E-state index in [1.54, 1.807) is 6.92 Å². The first-order valence-corrected chi connectivity index (χ1v) is 4.24. The summed E-state index contributed by atoms with van der Waals surface area (Å²) in [6.07, 6.45) is -1.15. The Morgan fingerprint density at radius 3 is 2.29 bits per heavy atom. The molecular formula is C8H15NO5. The quantitative estimate of drug-likeness (QED) is 0.494. The van der Waals surface area contributed by atoms with Crippen molar-refractivity contribution < 1.29 is 24.5 Å². The molecule has 0 unspecified atom stereocenters. The SMILES string of the molecule is CCOC(=O)[C@@H]([C@H](N)C(=O)O)[C@@H](C)O. The molecule has 0 radical (unpaired) electrons. The first-order valence-electron chi connectivity index (χ1n) is 4.24. The van der Waals surface area contributed by atoms with Gasteiger partial charge in [0.25, 0.3) is 0 Å². The summed E-state index contributed by atoms with van der Waals surface area (Å²) in [5.74, 6) is -3.37. The van der Waals surface area contributed by atoms with Gasteiger partial charge in [-0.3, -0.25) is 9.59 Å². The highest BCUT2D eigenvalue weighted by atomic mass is 16.5. The lowest BCUT2D eigenvalue weighted by Crippen LogP contribution is -2.47. The molecule has 0 heterocycles. The van der Waals surface area contributed by atoms with Crippen LogP contribution >= 0.6 is 0 Å². The predicted molar refractivity (Wildman–Crippen MR) is 47.4 cm³/mol. The van der Waals surface area contributed by atoms with Gasteiger partial charge in [0.05, 0.1) is 12.7 Å². The molecule has 0 saturated heterocycles. The smallest absolute Gasteiger partial charge is 0.321 e. The highest BCUT2D eigenvalue weighted by molar-refractivity contribution is 5.83. The molecule has 0 fully saturated rings. The van der Waals surface area contributed by atoms with Gasteiger partial charge < -0.3 is 20.7 Å². The number of carboxylic acid groups (broad SMARTS) is 1. The van der Waals surface area contributed by atoms with E-state index < -0.39 is 30.0 Å². The number of esters is 1. The Labute approximate surface area is 81.7 Å². The van der Waals surface area contributed by atoms with E-state index in [2.05, 4.69) is 4.74 Å². The van der Waals surface area contributed by atoms with E-state index in [4.69, 9.17) is 10.8 Å². The molecule has 0 amide bonds. The number of carbonyl (C=O) groups excluding carboxylic acids is 1. The summed E-state index contributed by atoms with van der Waals surface area (Å²) in [7, 11) is 0. The minimum Gasteiger partial charge on any atom is -0.480 e. The average Bonchev–Trinajstić information content (AvgIpc) is 2.03. The van der Waals surface area contributed by atoms with Gasteiger partial charge >= 0.3 is 11.9 Å². The Morgan fingerprint density at radius 1 is 1.50 bits per heavy atom. The van der Waals surface area contributed by atoms with Crippen LogP contribution in [0, 0.1) is 5.92 Å². The van der Waals surface area contributed by atoms with Gasteiger partial charge in [-0.25, -0.2) is 0 Å². The number of aliphatic carboxylic acids is 1. The molecule has 0 aromatic heterocycles. The van der Waals surface area contributed by atoms with Gasteiger partial charge in [0, 0.05) is 0 Å². The molecule has 6 heteroatoms. The number of carboxylic acids is 1. The van der Waals surface area contributed by atoms with Crippen molar-refractivity contribution in [2.45, 2.75) is 26.0 Å². The van der Waals surface area contributed by atoms with Crippen LogP contribution in [0.2, 0.25) is 0 Å². The third-order valence-electron chi connectivity index (χ3n) is 1.75. The van der Waals surface area contributed by atoms with E-state index in [9.17, 15) is 14.7 Å². The molecule has 82 valence electrons. The van der Waals surface area contributed by atoms with Crippen LogP contribution in [0.5, 0.6) is 0 Å². The maximum atomic E-state index is 11.2. The van der Waals surface area contributed by atoms with Gasteiger partial charge in [-0.15, -0.1) is 0 Å². The lowest BCUT2D eigenvalue weighted by Gasteiger charge is -2.21. The zero-order valence-corrected chi connectivity index (χ0v) is 8.14. The number of nitrogens with two attached hydrogens (primary N) is 1. The van der Waals surface area contributed by atoms with Crippen molar-refractivity contribution in [3.05, 3.63) is 0 Å². The summed E-state index contributed by atoms with van der Waals surface area (Å²) in [6, 6.07) is -1.45. The maximum absolute atomic E-state index is 11.2. The average molecular weight is 205 g/mol. The number of hydrogen-bond donors (Lipinski definition) is 3. The number of carbonyl (C=O) groups is 2. The molecular weight excluding hydrogens is 190 g/mol. The zero-order chi connectivity index (χ0) is 11.3. The topological polar surface area (TPSA) is 110 Å². The van der Waals surface area contributed by atoms with Crippen LogP contribution in [0.25, 0.3) is 0 Å².